The normalized spacial score (nSPS) is 11.5. The molecule has 0 radical (unpaired) electrons. The summed E-state index contributed by atoms with van der Waals surface area (Å²) in [6, 6.07) is 15.3. The van der Waals surface area contributed by atoms with Gasteiger partial charge in [-0.15, -0.1) is 10.2 Å². The number of furan rings is 1. The topological polar surface area (TPSA) is 85.3 Å². The number of benzene rings is 2. The van der Waals surface area contributed by atoms with Gasteiger partial charge in [-0.3, -0.25) is 4.79 Å². The summed E-state index contributed by atoms with van der Waals surface area (Å²) in [6.45, 7) is 5.75. The number of halogens is 1. The predicted octanol–water partition coefficient (Wildman–Crippen LogP) is 6.34. The maximum Gasteiger partial charge on any atom is 0.248 e. The fourth-order valence-corrected chi connectivity index (χ4v) is 4.46. The zero-order valence-electron chi connectivity index (χ0n) is 18.7. The molecular weight excluding hydrogens is 470 g/mol. The minimum absolute atomic E-state index is 0.259. The second-order valence-corrected chi connectivity index (χ2v) is 9.23. The quantitative estimate of drug-likeness (QED) is 0.291. The van der Waals surface area contributed by atoms with Gasteiger partial charge in [0.25, 0.3) is 0 Å². The average Bonchev–Trinajstić information content (AvgIpc) is 3.54. The molecule has 0 atom stereocenters. The van der Waals surface area contributed by atoms with Crippen LogP contribution in [0.2, 0.25) is 5.02 Å². The maximum absolute atomic E-state index is 12.6. The Morgan fingerprint density at radius 2 is 1.82 bits per heavy atom. The molecular formula is C25H20ClN5O2S. The van der Waals surface area contributed by atoms with E-state index in [0.29, 0.717) is 22.2 Å². The largest absolute Gasteiger partial charge is 0.457 e. The Bertz CT molecular complexity index is 1560. The molecule has 2 aromatic carbocycles. The fraction of sp³-hybridized carbons (Fsp3) is 0.120. The van der Waals surface area contributed by atoms with Gasteiger partial charge in [-0.2, -0.15) is 9.61 Å². The van der Waals surface area contributed by atoms with Crippen molar-refractivity contribution in [3.05, 3.63) is 82.3 Å². The van der Waals surface area contributed by atoms with E-state index in [1.54, 1.807) is 10.6 Å². The van der Waals surface area contributed by atoms with Gasteiger partial charge in [-0.1, -0.05) is 47.2 Å². The van der Waals surface area contributed by atoms with Gasteiger partial charge in [-0.25, -0.2) is 0 Å². The van der Waals surface area contributed by atoms with Crippen LogP contribution in [-0.4, -0.2) is 25.7 Å². The lowest BCUT2D eigenvalue weighted by Gasteiger charge is -2.08. The van der Waals surface area contributed by atoms with Gasteiger partial charge in [0, 0.05) is 27.9 Å². The third-order valence-electron chi connectivity index (χ3n) is 5.37. The first-order valence-electron chi connectivity index (χ1n) is 10.5. The summed E-state index contributed by atoms with van der Waals surface area (Å²) in [4.78, 5) is 13.3. The summed E-state index contributed by atoms with van der Waals surface area (Å²) in [7, 11) is 0. The van der Waals surface area contributed by atoms with E-state index in [9.17, 15) is 4.79 Å². The van der Waals surface area contributed by atoms with E-state index in [0.717, 1.165) is 38.0 Å². The molecule has 3 aromatic heterocycles. The van der Waals surface area contributed by atoms with Crippen molar-refractivity contribution >= 4 is 45.6 Å². The average molecular weight is 490 g/mol. The molecule has 0 fully saturated rings. The Morgan fingerprint density at radius 1 is 1.03 bits per heavy atom. The summed E-state index contributed by atoms with van der Waals surface area (Å²) < 4.78 is 7.56. The highest BCUT2D eigenvalue weighted by Gasteiger charge is 2.12. The van der Waals surface area contributed by atoms with Gasteiger partial charge in [0.1, 0.15) is 16.5 Å². The third kappa shape index (κ3) is 4.37. The molecule has 170 valence electrons. The maximum atomic E-state index is 12.6. The molecule has 0 aliphatic carbocycles. The minimum Gasteiger partial charge on any atom is -0.457 e. The Hall–Kier alpha value is -3.75. The SMILES string of the molecule is Cc1ccc(-c2ccc(/C=C/C(=O)Nc3cc(-c4nn5c(C)nnc5s4)ccc3C)o2)cc1Cl. The molecule has 0 aliphatic heterocycles. The molecule has 0 spiro atoms. The molecule has 5 rings (SSSR count). The number of nitrogens with zero attached hydrogens (tertiary/aromatic N) is 4. The summed E-state index contributed by atoms with van der Waals surface area (Å²) in [5, 5.41) is 17.1. The van der Waals surface area contributed by atoms with Crippen LogP contribution >= 0.6 is 22.9 Å². The summed E-state index contributed by atoms with van der Waals surface area (Å²) in [5.74, 6) is 1.73. The monoisotopic (exact) mass is 489 g/mol. The zero-order valence-corrected chi connectivity index (χ0v) is 20.2. The Morgan fingerprint density at radius 3 is 2.62 bits per heavy atom. The van der Waals surface area contributed by atoms with Crippen LogP contribution < -0.4 is 5.32 Å². The van der Waals surface area contributed by atoms with Crippen molar-refractivity contribution in [1.29, 1.82) is 0 Å². The van der Waals surface area contributed by atoms with Gasteiger partial charge in [-0.05, 0) is 62.2 Å². The van der Waals surface area contributed by atoms with Crippen LogP contribution in [0.1, 0.15) is 22.7 Å². The summed E-state index contributed by atoms with van der Waals surface area (Å²) >= 11 is 7.66. The van der Waals surface area contributed by atoms with Gasteiger partial charge < -0.3 is 9.73 Å². The smallest absolute Gasteiger partial charge is 0.248 e. The highest BCUT2D eigenvalue weighted by Crippen LogP contribution is 2.30. The van der Waals surface area contributed by atoms with E-state index >= 15 is 0 Å². The highest BCUT2D eigenvalue weighted by molar-refractivity contribution is 7.19. The Labute approximate surface area is 204 Å². The number of carbonyl (C=O) groups excluding carboxylic acids is 1. The molecule has 0 unspecified atom stereocenters. The molecule has 34 heavy (non-hydrogen) atoms. The first-order valence-corrected chi connectivity index (χ1v) is 11.7. The molecule has 5 aromatic rings. The number of carbonyl (C=O) groups is 1. The first kappa shape index (κ1) is 22.1. The van der Waals surface area contributed by atoms with Gasteiger partial charge in [0.15, 0.2) is 5.82 Å². The van der Waals surface area contributed by atoms with Crippen molar-refractivity contribution in [3.8, 4) is 21.9 Å². The summed E-state index contributed by atoms with van der Waals surface area (Å²) in [5.41, 5.74) is 4.44. The lowest BCUT2D eigenvalue weighted by molar-refractivity contribution is -0.111. The van der Waals surface area contributed by atoms with E-state index < -0.39 is 0 Å². The first-order chi connectivity index (χ1) is 16.4. The number of fused-ring (bicyclic) bond motifs is 1. The van der Waals surface area contributed by atoms with Crippen LogP contribution in [0.3, 0.4) is 0 Å². The van der Waals surface area contributed by atoms with Crippen molar-refractivity contribution in [2.45, 2.75) is 20.8 Å². The number of rotatable bonds is 5. The Balaban J connectivity index is 1.31. The number of aromatic nitrogens is 4. The second kappa shape index (κ2) is 8.89. The number of hydrogen-bond acceptors (Lipinski definition) is 6. The highest BCUT2D eigenvalue weighted by atomic mass is 35.5. The molecule has 0 saturated heterocycles. The fourth-order valence-electron chi connectivity index (χ4n) is 3.40. The number of aryl methyl sites for hydroxylation is 3. The number of nitrogens with one attached hydrogen (secondary N) is 1. The summed E-state index contributed by atoms with van der Waals surface area (Å²) in [6.07, 6.45) is 3.09. The molecule has 9 heteroatoms. The molecule has 0 bridgehead atoms. The molecule has 3 heterocycles. The van der Waals surface area contributed by atoms with Crippen molar-refractivity contribution in [3.63, 3.8) is 0 Å². The van der Waals surface area contributed by atoms with Gasteiger partial charge in [0.2, 0.25) is 10.9 Å². The van der Waals surface area contributed by atoms with Crippen molar-refractivity contribution in [2.24, 2.45) is 0 Å². The van der Waals surface area contributed by atoms with Crippen LogP contribution in [0.5, 0.6) is 0 Å². The third-order valence-corrected chi connectivity index (χ3v) is 6.73. The van der Waals surface area contributed by atoms with Crippen LogP contribution in [0.4, 0.5) is 5.69 Å². The van der Waals surface area contributed by atoms with E-state index in [4.69, 9.17) is 16.0 Å². The Kier molecular flexibility index (Phi) is 5.77. The van der Waals surface area contributed by atoms with Crippen LogP contribution in [0, 0.1) is 20.8 Å². The number of hydrogen-bond donors (Lipinski definition) is 1. The molecule has 1 amide bonds. The predicted molar refractivity (Wildman–Crippen MR) is 135 cm³/mol. The van der Waals surface area contributed by atoms with E-state index in [-0.39, 0.29) is 5.91 Å². The zero-order chi connectivity index (χ0) is 23.8. The lowest BCUT2D eigenvalue weighted by atomic mass is 10.1. The lowest BCUT2D eigenvalue weighted by Crippen LogP contribution is -2.09. The minimum atomic E-state index is -0.259. The standard InChI is InChI=1S/C25H20ClN5O2S/c1-14-4-6-17(12-20(14)26)22-10-8-19(33-22)9-11-23(32)27-21-13-18(7-5-15(21)2)24-30-31-16(3)28-29-25(31)34-24/h4-13H,1-3H3,(H,27,32)/b11-9+. The van der Waals surface area contributed by atoms with Crippen molar-refractivity contribution in [2.75, 3.05) is 5.32 Å². The van der Waals surface area contributed by atoms with Crippen LogP contribution in [0.25, 0.3) is 32.9 Å². The molecule has 1 N–H and O–H groups in total. The van der Waals surface area contributed by atoms with E-state index in [1.165, 1.54) is 17.4 Å². The van der Waals surface area contributed by atoms with Crippen LogP contribution in [0.15, 0.2) is 59.0 Å². The van der Waals surface area contributed by atoms with E-state index in [1.807, 2.05) is 69.3 Å². The number of amides is 1. The molecule has 0 aliphatic rings. The van der Waals surface area contributed by atoms with Crippen molar-refractivity contribution in [1.82, 2.24) is 19.8 Å². The van der Waals surface area contributed by atoms with Gasteiger partial charge >= 0.3 is 0 Å². The molecule has 7 nitrogen and oxygen atoms in total. The van der Waals surface area contributed by atoms with E-state index in [2.05, 4.69) is 20.6 Å². The van der Waals surface area contributed by atoms with Crippen LogP contribution in [-0.2, 0) is 4.79 Å². The molecule has 0 saturated carbocycles. The number of anilines is 1. The van der Waals surface area contributed by atoms with Crippen molar-refractivity contribution < 1.29 is 9.21 Å². The second-order valence-electron chi connectivity index (χ2n) is 7.87. The van der Waals surface area contributed by atoms with Gasteiger partial charge in [0.05, 0.1) is 0 Å².